The number of carbonyl (C=O) groups is 1. The minimum atomic E-state index is -0.461. The summed E-state index contributed by atoms with van der Waals surface area (Å²) in [6, 6.07) is 0. The molecule has 17 heavy (non-hydrogen) atoms. The monoisotopic (exact) mass is 243 g/mol. The summed E-state index contributed by atoms with van der Waals surface area (Å²) < 4.78 is 11.1. The molecule has 0 aliphatic carbocycles. The van der Waals surface area contributed by atoms with Gasteiger partial charge in [0.1, 0.15) is 11.8 Å². The van der Waals surface area contributed by atoms with Crippen LogP contribution in [0.2, 0.25) is 0 Å². The highest BCUT2D eigenvalue weighted by molar-refractivity contribution is 5.68. The van der Waals surface area contributed by atoms with Crippen LogP contribution < -0.4 is 0 Å². The Labute approximate surface area is 104 Å². The number of carbonyl (C=O) groups excluding carboxylic acids is 1. The Kier molecular flexibility index (Phi) is 4.07. The maximum Gasteiger partial charge on any atom is 0.412 e. The van der Waals surface area contributed by atoms with Crippen LogP contribution in [-0.4, -0.2) is 36.0 Å². The number of rotatable bonds is 0. The van der Waals surface area contributed by atoms with Crippen molar-refractivity contribution >= 4 is 6.09 Å². The lowest BCUT2D eigenvalue weighted by atomic mass is 9.92. The Morgan fingerprint density at radius 2 is 1.82 bits per heavy atom. The zero-order valence-electron chi connectivity index (χ0n) is 11.9. The van der Waals surface area contributed by atoms with Crippen LogP contribution in [0.25, 0.3) is 0 Å². The molecule has 4 heteroatoms. The lowest BCUT2D eigenvalue weighted by Gasteiger charge is -2.42. The SMILES string of the molecule is CC(C)(C)OC(=O)N1CCCOC1C(C)(C)C. The van der Waals surface area contributed by atoms with Crippen molar-refractivity contribution in [1.29, 1.82) is 0 Å². The first-order valence-electron chi connectivity index (χ1n) is 6.22. The van der Waals surface area contributed by atoms with Gasteiger partial charge in [0.2, 0.25) is 0 Å². The Morgan fingerprint density at radius 1 is 1.24 bits per heavy atom. The maximum atomic E-state index is 12.1. The second kappa shape index (κ2) is 4.84. The van der Waals surface area contributed by atoms with Gasteiger partial charge in [0.05, 0.1) is 6.61 Å². The standard InChI is InChI=1S/C13H25NO3/c1-12(2,3)10-14(8-7-9-16-10)11(15)17-13(4,5)6/h10H,7-9H2,1-6H3. The molecule has 0 spiro atoms. The van der Waals surface area contributed by atoms with Crippen molar-refractivity contribution in [3.63, 3.8) is 0 Å². The van der Waals surface area contributed by atoms with Gasteiger partial charge in [-0.1, -0.05) is 20.8 Å². The van der Waals surface area contributed by atoms with Crippen molar-refractivity contribution in [1.82, 2.24) is 4.90 Å². The zero-order valence-corrected chi connectivity index (χ0v) is 11.9. The Bertz CT molecular complexity index is 275. The van der Waals surface area contributed by atoms with Gasteiger partial charge >= 0.3 is 6.09 Å². The van der Waals surface area contributed by atoms with Crippen LogP contribution in [-0.2, 0) is 9.47 Å². The molecular weight excluding hydrogens is 218 g/mol. The van der Waals surface area contributed by atoms with Crippen molar-refractivity contribution in [2.45, 2.75) is 59.8 Å². The lowest BCUT2D eigenvalue weighted by Crippen LogP contribution is -2.53. The van der Waals surface area contributed by atoms with Crippen LogP contribution in [0.5, 0.6) is 0 Å². The van der Waals surface area contributed by atoms with E-state index in [9.17, 15) is 4.79 Å². The van der Waals surface area contributed by atoms with E-state index in [-0.39, 0.29) is 17.7 Å². The number of hydrogen-bond acceptors (Lipinski definition) is 3. The molecule has 1 heterocycles. The second-order valence-electron chi connectivity index (χ2n) is 6.62. The minimum absolute atomic E-state index is 0.0999. The predicted octanol–water partition coefficient (Wildman–Crippen LogP) is 3.02. The zero-order chi connectivity index (χ0) is 13.3. The summed E-state index contributed by atoms with van der Waals surface area (Å²) in [5.41, 5.74) is -0.561. The molecule has 0 N–H and O–H groups in total. The molecule has 0 saturated carbocycles. The Balaban J connectivity index is 2.75. The van der Waals surface area contributed by atoms with E-state index in [1.54, 1.807) is 4.90 Å². The molecule has 4 nitrogen and oxygen atoms in total. The molecule has 0 aromatic carbocycles. The normalized spacial score (nSPS) is 22.5. The quantitative estimate of drug-likeness (QED) is 0.656. The molecule has 1 aliphatic rings. The van der Waals surface area contributed by atoms with E-state index in [0.717, 1.165) is 6.42 Å². The topological polar surface area (TPSA) is 38.8 Å². The molecular formula is C13H25NO3. The minimum Gasteiger partial charge on any atom is -0.444 e. The largest absolute Gasteiger partial charge is 0.444 e. The van der Waals surface area contributed by atoms with Gasteiger partial charge in [0, 0.05) is 12.0 Å². The molecule has 1 rings (SSSR count). The molecule has 1 atom stereocenters. The molecule has 0 aromatic heterocycles. The summed E-state index contributed by atoms with van der Waals surface area (Å²) in [6.07, 6.45) is 0.384. The first-order valence-corrected chi connectivity index (χ1v) is 6.22. The fraction of sp³-hybridized carbons (Fsp3) is 0.923. The van der Waals surface area contributed by atoms with Gasteiger partial charge < -0.3 is 9.47 Å². The van der Waals surface area contributed by atoms with E-state index in [4.69, 9.17) is 9.47 Å². The molecule has 1 aliphatic heterocycles. The summed E-state index contributed by atoms with van der Waals surface area (Å²) in [5, 5.41) is 0. The van der Waals surface area contributed by atoms with Crippen molar-refractivity contribution in [2.75, 3.05) is 13.2 Å². The van der Waals surface area contributed by atoms with Crippen LogP contribution >= 0.6 is 0 Å². The van der Waals surface area contributed by atoms with Crippen LogP contribution in [0, 0.1) is 5.41 Å². The molecule has 1 fully saturated rings. The third-order valence-corrected chi connectivity index (χ3v) is 2.47. The average Bonchev–Trinajstić information content (AvgIpc) is 2.13. The summed E-state index contributed by atoms with van der Waals surface area (Å²) in [7, 11) is 0. The summed E-state index contributed by atoms with van der Waals surface area (Å²) in [6.45, 7) is 13.3. The molecule has 1 unspecified atom stereocenters. The van der Waals surface area contributed by atoms with Crippen LogP contribution in [0.3, 0.4) is 0 Å². The Morgan fingerprint density at radius 3 is 2.29 bits per heavy atom. The first kappa shape index (κ1) is 14.3. The van der Waals surface area contributed by atoms with Gasteiger partial charge in [-0.25, -0.2) is 4.79 Å². The molecule has 1 amide bonds. The number of ether oxygens (including phenoxy) is 2. The van der Waals surface area contributed by atoms with Crippen molar-refractivity contribution in [3.05, 3.63) is 0 Å². The predicted molar refractivity (Wildman–Crippen MR) is 66.8 cm³/mol. The van der Waals surface area contributed by atoms with E-state index in [2.05, 4.69) is 20.8 Å². The van der Waals surface area contributed by atoms with Gasteiger partial charge in [0.25, 0.3) is 0 Å². The molecule has 1 saturated heterocycles. The summed E-state index contributed by atoms with van der Waals surface area (Å²) >= 11 is 0. The van der Waals surface area contributed by atoms with Gasteiger partial charge in [-0.2, -0.15) is 0 Å². The van der Waals surface area contributed by atoms with Gasteiger partial charge in [-0.15, -0.1) is 0 Å². The van der Waals surface area contributed by atoms with Crippen LogP contribution in [0.4, 0.5) is 4.79 Å². The van der Waals surface area contributed by atoms with E-state index in [1.165, 1.54) is 0 Å². The van der Waals surface area contributed by atoms with Crippen molar-refractivity contribution < 1.29 is 14.3 Å². The van der Waals surface area contributed by atoms with Crippen molar-refractivity contribution in [2.24, 2.45) is 5.41 Å². The van der Waals surface area contributed by atoms with E-state index in [1.807, 2.05) is 20.8 Å². The second-order valence-corrected chi connectivity index (χ2v) is 6.62. The highest BCUT2D eigenvalue weighted by atomic mass is 16.6. The highest BCUT2D eigenvalue weighted by Crippen LogP contribution is 2.29. The average molecular weight is 243 g/mol. The van der Waals surface area contributed by atoms with Gasteiger partial charge in [-0.05, 0) is 27.2 Å². The summed E-state index contributed by atoms with van der Waals surface area (Å²) in [4.78, 5) is 13.8. The van der Waals surface area contributed by atoms with Crippen LogP contribution in [0.1, 0.15) is 48.0 Å². The number of nitrogens with zero attached hydrogens (tertiary/aromatic N) is 1. The molecule has 100 valence electrons. The van der Waals surface area contributed by atoms with Gasteiger partial charge in [-0.3, -0.25) is 4.90 Å². The van der Waals surface area contributed by atoms with E-state index >= 15 is 0 Å². The van der Waals surface area contributed by atoms with Gasteiger partial charge in [0.15, 0.2) is 0 Å². The van der Waals surface area contributed by atoms with E-state index < -0.39 is 5.60 Å². The Hall–Kier alpha value is -0.770. The smallest absolute Gasteiger partial charge is 0.412 e. The molecule has 0 aromatic rings. The summed E-state index contributed by atoms with van der Waals surface area (Å²) in [5.74, 6) is 0. The molecule has 0 bridgehead atoms. The number of hydrogen-bond donors (Lipinski definition) is 0. The molecule has 0 radical (unpaired) electrons. The maximum absolute atomic E-state index is 12.1. The third-order valence-electron chi connectivity index (χ3n) is 2.47. The fourth-order valence-corrected chi connectivity index (χ4v) is 1.86. The number of amides is 1. The fourth-order valence-electron chi connectivity index (χ4n) is 1.86. The van der Waals surface area contributed by atoms with E-state index in [0.29, 0.717) is 13.2 Å². The van der Waals surface area contributed by atoms with Crippen LogP contribution in [0.15, 0.2) is 0 Å². The first-order chi connectivity index (χ1) is 7.61. The highest BCUT2D eigenvalue weighted by Gasteiger charge is 2.38. The third kappa shape index (κ3) is 4.19. The lowest BCUT2D eigenvalue weighted by molar-refractivity contribution is -0.142. The van der Waals surface area contributed by atoms with Crippen molar-refractivity contribution in [3.8, 4) is 0 Å².